The quantitative estimate of drug-likeness (QED) is 0.693. The van der Waals surface area contributed by atoms with Crippen LogP contribution < -0.4 is 0 Å². The number of ketones is 1. The lowest BCUT2D eigenvalue weighted by Crippen LogP contribution is -2.10. The van der Waals surface area contributed by atoms with Crippen LogP contribution in [0.5, 0.6) is 0 Å². The van der Waals surface area contributed by atoms with Crippen LogP contribution in [0, 0.1) is 0 Å². The van der Waals surface area contributed by atoms with E-state index in [0.717, 1.165) is 4.47 Å². The lowest BCUT2D eigenvalue weighted by Gasteiger charge is -2.03. The molecule has 1 aromatic heterocycles. The molecule has 0 saturated heterocycles. The lowest BCUT2D eigenvalue weighted by atomic mass is 10.3. The highest BCUT2D eigenvalue weighted by molar-refractivity contribution is 9.10. The minimum absolute atomic E-state index is 0.0723. The highest BCUT2D eigenvalue weighted by atomic mass is 79.9. The maximum atomic E-state index is 12.1. The Hall–Kier alpha value is -0.200. The molecule has 0 spiro atoms. The van der Waals surface area contributed by atoms with Gasteiger partial charge in [0.05, 0.1) is 31.5 Å². The third-order valence-electron chi connectivity index (χ3n) is 2.29. The van der Waals surface area contributed by atoms with Crippen molar-refractivity contribution in [3.63, 3.8) is 0 Å². The fraction of sp³-hybridized carbons (Fsp3) is 0.0833. The molecule has 1 heterocycles. The van der Waals surface area contributed by atoms with Gasteiger partial charge in [-0.3, -0.25) is 9.00 Å². The molecule has 0 aliphatic heterocycles. The summed E-state index contributed by atoms with van der Waals surface area (Å²) in [5.74, 6) is -0.233. The number of carbonyl (C=O) groups is 1. The smallest absolute Gasteiger partial charge is 0.186 e. The average Bonchev–Trinajstić information content (AvgIpc) is 2.79. The van der Waals surface area contributed by atoms with E-state index in [2.05, 4.69) is 15.9 Å². The Morgan fingerprint density at radius 2 is 2.00 bits per heavy atom. The molecule has 2 nitrogen and oxygen atoms in total. The van der Waals surface area contributed by atoms with Crippen molar-refractivity contribution in [1.29, 1.82) is 0 Å². The molecule has 0 bridgehead atoms. The average molecular weight is 398 g/mol. The van der Waals surface area contributed by atoms with Crippen LogP contribution in [0.15, 0.2) is 39.0 Å². The van der Waals surface area contributed by atoms with Crippen molar-refractivity contribution in [3.8, 4) is 0 Å². The summed E-state index contributed by atoms with van der Waals surface area (Å²) < 4.78 is 12.8. The third kappa shape index (κ3) is 3.67. The first-order chi connectivity index (χ1) is 8.99. The Morgan fingerprint density at radius 1 is 1.26 bits per heavy atom. The Labute approximate surface area is 135 Å². The van der Waals surface area contributed by atoms with E-state index >= 15 is 0 Å². The summed E-state index contributed by atoms with van der Waals surface area (Å²) in [7, 11) is -1.43. The van der Waals surface area contributed by atoms with Crippen molar-refractivity contribution < 1.29 is 9.00 Å². The van der Waals surface area contributed by atoms with Gasteiger partial charge in [-0.25, -0.2) is 0 Å². The van der Waals surface area contributed by atoms with E-state index in [1.165, 1.54) is 17.4 Å². The summed E-state index contributed by atoms with van der Waals surface area (Å²) in [6.45, 7) is 0. The molecule has 2 aromatic rings. The van der Waals surface area contributed by atoms with Crippen molar-refractivity contribution in [1.82, 2.24) is 0 Å². The van der Waals surface area contributed by atoms with Gasteiger partial charge in [0.1, 0.15) is 0 Å². The number of rotatable bonds is 4. The molecule has 0 amide bonds. The minimum Gasteiger partial charge on any atom is -0.292 e. The first kappa shape index (κ1) is 15.2. The standard InChI is InChI=1S/C12H7BrCl2O2S2/c13-8-3-4-18-12(8)11(16)6-19(17)7-1-2-9(14)10(15)5-7/h1-5H,6H2. The Morgan fingerprint density at radius 3 is 2.58 bits per heavy atom. The summed E-state index contributed by atoms with van der Waals surface area (Å²) in [4.78, 5) is 13.1. The molecule has 2 rings (SSSR count). The summed E-state index contributed by atoms with van der Waals surface area (Å²) in [6.07, 6.45) is 0. The molecule has 0 N–H and O–H groups in total. The largest absolute Gasteiger partial charge is 0.292 e. The molecule has 1 unspecified atom stereocenters. The highest BCUT2D eigenvalue weighted by Crippen LogP contribution is 2.26. The van der Waals surface area contributed by atoms with E-state index in [-0.39, 0.29) is 11.5 Å². The predicted molar refractivity (Wildman–Crippen MR) is 84.1 cm³/mol. The molecule has 100 valence electrons. The SMILES string of the molecule is O=C(CS(=O)c1ccc(Cl)c(Cl)c1)c1sccc1Br. The van der Waals surface area contributed by atoms with Crippen LogP contribution in [0.25, 0.3) is 0 Å². The molecule has 1 atom stereocenters. The van der Waals surface area contributed by atoms with Gasteiger partial charge in [-0.05, 0) is 45.6 Å². The van der Waals surface area contributed by atoms with Crippen LogP contribution >= 0.6 is 50.5 Å². The second kappa shape index (κ2) is 6.50. The fourth-order valence-electron chi connectivity index (χ4n) is 1.38. The molecule has 0 saturated carbocycles. The van der Waals surface area contributed by atoms with Crippen LogP contribution in [-0.2, 0) is 10.8 Å². The monoisotopic (exact) mass is 396 g/mol. The number of Topliss-reactive ketones (excluding diaryl/α,β-unsaturated/α-hetero) is 1. The van der Waals surface area contributed by atoms with Crippen molar-refractivity contribution in [2.75, 3.05) is 5.75 Å². The summed E-state index contributed by atoms with van der Waals surface area (Å²) in [6, 6.07) is 6.50. The zero-order chi connectivity index (χ0) is 14.0. The van der Waals surface area contributed by atoms with Crippen molar-refractivity contribution >= 4 is 67.1 Å². The Balaban J connectivity index is 2.15. The van der Waals surface area contributed by atoms with E-state index in [0.29, 0.717) is 19.8 Å². The molecule has 0 aliphatic rings. The normalized spacial score (nSPS) is 12.4. The molecule has 0 aliphatic carbocycles. The van der Waals surface area contributed by atoms with E-state index in [4.69, 9.17) is 23.2 Å². The molecule has 0 radical (unpaired) electrons. The number of hydrogen-bond donors (Lipinski definition) is 0. The van der Waals surface area contributed by atoms with Crippen molar-refractivity contribution in [2.45, 2.75) is 4.90 Å². The topological polar surface area (TPSA) is 34.1 Å². The number of hydrogen-bond acceptors (Lipinski definition) is 3. The number of halogens is 3. The van der Waals surface area contributed by atoms with E-state index in [1.807, 2.05) is 0 Å². The summed E-state index contributed by atoms with van der Waals surface area (Å²) in [5.41, 5.74) is 0. The lowest BCUT2D eigenvalue weighted by molar-refractivity contribution is 0.102. The minimum atomic E-state index is -1.43. The zero-order valence-corrected chi connectivity index (χ0v) is 14.1. The van der Waals surface area contributed by atoms with Crippen LogP contribution in [0.2, 0.25) is 10.0 Å². The van der Waals surface area contributed by atoms with Crippen LogP contribution in [-0.4, -0.2) is 15.7 Å². The van der Waals surface area contributed by atoms with E-state index < -0.39 is 10.8 Å². The van der Waals surface area contributed by atoms with Gasteiger partial charge < -0.3 is 0 Å². The van der Waals surface area contributed by atoms with E-state index in [1.54, 1.807) is 23.6 Å². The van der Waals surface area contributed by atoms with Gasteiger partial charge in [0.25, 0.3) is 0 Å². The highest BCUT2D eigenvalue weighted by Gasteiger charge is 2.16. The molecule has 19 heavy (non-hydrogen) atoms. The van der Waals surface area contributed by atoms with E-state index in [9.17, 15) is 9.00 Å². The Bertz CT molecular complexity index is 655. The summed E-state index contributed by atoms with van der Waals surface area (Å²) >= 11 is 16.3. The van der Waals surface area contributed by atoms with Gasteiger partial charge in [-0.2, -0.15) is 0 Å². The maximum Gasteiger partial charge on any atom is 0.186 e. The van der Waals surface area contributed by atoms with Gasteiger partial charge in [0, 0.05) is 9.37 Å². The zero-order valence-electron chi connectivity index (χ0n) is 9.36. The first-order valence-electron chi connectivity index (χ1n) is 5.08. The second-order valence-corrected chi connectivity index (χ2v) is 7.62. The molecule has 1 aromatic carbocycles. The van der Waals surface area contributed by atoms with Crippen LogP contribution in [0.4, 0.5) is 0 Å². The van der Waals surface area contributed by atoms with Gasteiger partial charge in [-0.15, -0.1) is 11.3 Å². The van der Waals surface area contributed by atoms with Crippen LogP contribution in [0.1, 0.15) is 9.67 Å². The fourth-order valence-corrected chi connectivity index (χ4v) is 4.38. The van der Waals surface area contributed by atoms with Gasteiger partial charge >= 0.3 is 0 Å². The number of carbonyl (C=O) groups excluding carboxylic acids is 1. The van der Waals surface area contributed by atoms with Crippen molar-refractivity contribution in [2.24, 2.45) is 0 Å². The first-order valence-corrected chi connectivity index (χ1v) is 8.83. The van der Waals surface area contributed by atoms with Gasteiger partial charge in [0.15, 0.2) is 5.78 Å². The predicted octanol–water partition coefficient (Wildman–Crippen LogP) is 4.81. The number of thiophene rings is 1. The van der Waals surface area contributed by atoms with Gasteiger partial charge in [0.2, 0.25) is 0 Å². The van der Waals surface area contributed by atoms with Gasteiger partial charge in [-0.1, -0.05) is 23.2 Å². The van der Waals surface area contributed by atoms with Crippen LogP contribution in [0.3, 0.4) is 0 Å². The molecule has 0 fully saturated rings. The molecular formula is C12H7BrCl2O2S2. The third-order valence-corrected chi connectivity index (χ3v) is 6.21. The molecule has 7 heteroatoms. The Kier molecular flexibility index (Phi) is 5.20. The molecular weight excluding hydrogens is 391 g/mol. The van der Waals surface area contributed by atoms with Crippen molar-refractivity contribution in [3.05, 3.63) is 49.0 Å². The summed E-state index contributed by atoms with van der Waals surface area (Å²) in [5, 5.41) is 2.53. The second-order valence-electron chi connectivity index (χ2n) is 3.59. The maximum absolute atomic E-state index is 12.1. The number of benzene rings is 1.